The van der Waals surface area contributed by atoms with Crippen LogP contribution in [0.25, 0.3) is 0 Å². The standard InChI is InChI=1S/C73H112ClF3N12O12/c1-11-13-30-54-64(94)79-62(47(3)12-2)69(99)83(6)45-60(92)81(4)46-61(93)85(8)56(42-48-26-17-14-18-27-48)67(97)82(5)44-58(90)78-53(35-33-49-32-34-51(52(74)41-49)73(75,76)77)66(96)89-40-25-31-55(89)65(95)80-72(36-21-22-37-72)71(101)87(10)63(50-28-19-15-20-29-50)70(100)86(9)57(43-59(91)84(54)7)68(98)88-38-23-16-24-39-88/h32,34,41,47-48,50,53-57,62-63H,11-31,33,35-40,42-46H2,1-10H3,(H,78,90)(H,79,94)(H,80,95)/t47-,53-,54-,55?,56-,57-,62-,63-/m0/s1. The van der Waals surface area contributed by atoms with Crippen LogP contribution in [0.1, 0.15) is 199 Å². The van der Waals surface area contributed by atoms with Gasteiger partial charge < -0.3 is 60.0 Å². The topological polar surface area (TPSA) is 270 Å². The second kappa shape index (κ2) is 36.9. The summed E-state index contributed by atoms with van der Waals surface area (Å²) in [6.07, 6.45) is 8.33. The summed E-state index contributed by atoms with van der Waals surface area (Å²) in [5.74, 6) is -8.44. The largest absolute Gasteiger partial charge is 0.417 e. The van der Waals surface area contributed by atoms with Gasteiger partial charge in [-0.25, -0.2) is 0 Å². The van der Waals surface area contributed by atoms with Crippen LogP contribution in [0.5, 0.6) is 0 Å². The van der Waals surface area contributed by atoms with Gasteiger partial charge in [0.25, 0.3) is 0 Å². The smallest absolute Gasteiger partial charge is 0.343 e. The Labute approximate surface area is 599 Å². The van der Waals surface area contributed by atoms with Crippen LogP contribution < -0.4 is 16.0 Å². The van der Waals surface area contributed by atoms with Crippen molar-refractivity contribution in [1.29, 1.82) is 0 Å². The molecule has 3 aliphatic heterocycles. The highest BCUT2D eigenvalue weighted by atomic mass is 35.5. The van der Waals surface area contributed by atoms with Crippen molar-refractivity contribution in [2.24, 2.45) is 17.8 Å². The number of nitrogens with one attached hydrogen (secondary N) is 3. The molecule has 0 aromatic heterocycles. The maximum absolute atomic E-state index is 15.8. The number of halogens is 4. The quantitative estimate of drug-likeness (QED) is 0.201. The molecule has 1 aromatic rings. The first-order valence-electron chi connectivity index (χ1n) is 37.0. The van der Waals surface area contributed by atoms with Crippen molar-refractivity contribution in [3.63, 3.8) is 0 Å². The van der Waals surface area contributed by atoms with E-state index in [9.17, 15) is 41.9 Å². The number of fused-ring (bicyclic) bond motifs is 1. The lowest BCUT2D eigenvalue weighted by Gasteiger charge is -2.43. The molecule has 0 radical (unpaired) electrons. The lowest BCUT2D eigenvalue weighted by Crippen LogP contribution is -2.65. The van der Waals surface area contributed by atoms with Crippen molar-refractivity contribution in [3.8, 4) is 0 Å². The lowest BCUT2D eigenvalue weighted by atomic mass is 9.81. The van der Waals surface area contributed by atoms with Crippen molar-refractivity contribution in [3.05, 3.63) is 34.3 Å². The van der Waals surface area contributed by atoms with E-state index in [1.807, 2.05) is 13.8 Å². The number of likely N-dealkylation sites (tertiary alicyclic amines) is 1. The number of benzene rings is 1. The van der Waals surface area contributed by atoms with Crippen molar-refractivity contribution >= 4 is 82.5 Å². The first kappa shape index (κ1) is 81.2. The van der Waals surface area contributed by atoms with Gasteiger partial charge in [-0.1, -0.05) is 122 Å². The molecule has 1 unspecified atom stereocenters. The third-order valence-corrected chi connectivity index (χ3v) is 22.8. The zero-order valence-electron chi connectivity index (χ0n) is 61.3. The fourth-order valence-corrected chi connectivity index (χ4v) is 16.2. The van der Waals surface area contributed by atoms with E-state index in [1.165, 1.54) is 79.9 Å². The molecule has 12 amide bonds. The summed E-state index contributed by atoms with van der Waals surface area (Å²) in [4.78, 5) is 191. The second-order valence-corrected chi connectivity index (χ2v) is 30.1. The number of carbonyl (C=O) groups excluding carboxylic acids is 12. The molecule has 3 N–H and O–H groups in total. The van der Waals surface area contributed by atoms with E-state index in [4.69, 9.17) is 11.6 Å². The monoisotopic (exact) mass is 1440 g/mol. The summed E-state index contributed by atoms with van der Waals surface area (Å²) in [6.45, 7) is 4.67. The molecule has 6 aliphatic rings. The number of alkyl halides is 3. The Kier molecular flexibility index (Phi) is 29.7. The highest BCUT2D eigenvalue weighted by Gasteiger charge is 2.51. The molecule has 3 saturated heterocycles. The second-order valence-electron chi connectivity index (χ2n) is 29.7. The van der Waals surface area contributed by atoms with Crippen LogP contribution in [0.4, 0.5) is 13.2 Å². The zero-order chi connectivity index (χ0) is 74.2. The minimum atomic E-state index is -4.76. The predicted molar refractivity (Wildman–Crippen MR) is 374 cm³/mol. The lowest BCUT2D eigenvalue weighted by molar-refractivity contribution is -0.157. The Hall–Kier alpha value is -7.06. The first-order chi connectivity index (χ1) is 47.8. The van der Waals surface area contributed by atoms with Crippen LogP contribution in [0.2, 0.25) is 5.02 Å². The van der Waals surface area contributed by atoms with Crippen LogP contribution in [0.3, 0.4) is 0 Å². The van der Waals surface area contributed by atoms with E-state index in [2.05, 4.69) is 16.0 Å². The molecule has 1 aromatic carbocycles. The summed E-state index contributed by atoms with van der Waals surface area (Å²) in [7, 11) is 10.1. The van der Waals surface area contributed by atoms with E-state index in [-0.39, 0.29) is 57.4 Å². The van der Waals surface area contributed by atoms with Crippen LogP contribution in [-0.4, -0.2) is 251 Å². The average Bonchev–Trinajstić information content (AvgIpc) is 1.76. The molecule has 7 rings (SSSR count). The van der Waals surface area contributed by atoms with Gasteiger partial charge in [-0.15, -0.1) is 0 Å². The van der Waals surface area contributed by atoms with Gasteiger partial charge in [-0.05, 0) is 119 Å². The maximum Gasteiger partial charge on any atom is 0.417 e. The maximum atomic E-state index is 15.8. The van der Waals surface area contributed by atoms with Gasteiger partial charge in [-0.2, -0.15) is 13.2 Å². The number of aryl methyl sites for hydroxylation is 1. The Morgan fingerprint density at radius 3 is 1.83 bits per heavy atom. The minimum absolute atomic E-state index is 0.0210. The summed E-state index contributed by atoms with van der Waals surface area (Å²) in [5, 5.41) is 8.21. The number of hydrogen-bond donors (Lipinski definition) is 3. The number of amides is 12. The van der Waals surface area contributed by atoms with Crippen LogP contribution in [0.15, 0.2) is 18.2 Å². The third-order valence-electron chi connectivity index (χ3n) is 22.5. The van der Waals surface area contributed by atoms with Crippen LogP contribution in [0, 0.1) is 17.8 Å². The molecule has 8 atom stereocenters. The fraction of sp³-hybridized carbons (Fsp3) is 0.753. The number of carbonyl (C=O) groups is 12. The summed E-state index contributed by atoms with van der Waals surface area (Å²) < 4.78 is 41.7. The SMILES string of the molecule is CCCC[C@H]1C(=O)N[C@@H]([C@@H](C)CC)C(=O)N(C)CC(=O)N(C)CC(=O)N(C)[C@@H](CC2CCCCC2)C(=O)N(C)CC(=O)N[C@@H](CCc2ccc(C(F)(F)F)c(Cl)c2)C(=O)N2CCCC2C(=O)NC2(CCCC2)C(=O)N(C)[C@@H](C2CCCCC2)C(=O)N(C)[C@H](C(=O)N2CCCCC2)CC(=O)N1C. The van der Waals surface area contributed by atoms with Gasteiger partial charge in [0.2, 0.25) is 70.9 Å². The van der Waals surface area contributed by atoms with E-state index in [0.29, 0.717) is 82.9 Å². The number of likely N-dealkylation sites (N-methyl/N-ethyl adjacent to an activating group) is 7. The van der Waals surface area contributed by atoms with Crippen LogP contribution >= 0.6 is 11.6 Å². The van der Waals surface area contributed by atoms with Gasteiger partial charge in [0.05, 0.1) is 36.6 Å². The number of nitrogens with zero attached hydrogens (tertiary/aromatic N) is 9. The van der Waals surface area contributed by atoms with Gasteiger partial charge in [0.1, 0.15) is 47.8 Å². The molecule has 28 heteroatoms. The van der Waals surface area contributed by atoms with Crippen LogP contribution in [-0.2, 0) is 70.1 Å². The summed E-state index contributed by atoms with van der Waals surface area (Å²) in [6, 6.07) is -5.46. The average molecular weight is 1440 g/mol. The highest BCUT2D eigenvalue weighted by Crippen LogP contribution is 2.39. The molecule has 3 aliphatic carbocycles. The van der Waals surface area contributed by atoms with Gasteiger partial charge in [-0.3, -0.25) is 57.5 Å². The molecule has 0 bridgehead atoms. The molecular weight excluding hydrogens is 1330 g/mol. The Morgan fingerprint density at radius 1 is 0.614 bits per heavy atom. The van der Waals surface area contributed by atoms with Gasteiger partial charge in [0.15, 0.2) is 0 Å². The van der Waals surface area contributed by atoms with Crippen molar-refractivity contribution in [2.45, 2.75) is 248 Å². The third kappa shape index (κ3) is 20.6. The molecular formula is C73H112ClF3N12O12. The van der Waals surface area contributed by atoms with Crippen molar-refractivity contribution < 1.29 is 70.7 Å². The number of rotatable bonds is 12. The molecule has 564 valence electrons. The molecule has 3 heterocycles. The molecule has 1 spiro atoms. The summed E-state index contributed by atoms with van der Waals surface area (Å²) in [5.41, 5.74) is -2.33. The number of unbranched alkanes of at least 4 members (excludes halogenated alkanes) is 1. The Balaban J connectivity index is 1.29. The first-order valence-corrected chi connectivity index (χ1v) is 37.4. The number of piperidine rings is 1. The van der Waals surface area contributed by atoms with Crippen molar-refractivity contribution in [2.75, 3.05) is 88.6 Å². The minimum Gasteiger partial charge on any atom is -0.343 e. The Morgan fingerprint density at radius 2 is 1.22 bits per heavy atom. The predicted octanol–water partition coefficient (Wildman–Crippen LogP) is 6.57. The molecule has 3 saturated carbocycles. The van der Waals surface area contributed by atoms with E-state index < -0.39 is 173 Å². The van der Waals surface area contributed by atoms with E-state index in [0.717, 1.165) is 84.6 Å². The summed E-state index contributed by atoms with van der Waals surface area (Å²) >= 11 is 6.16. The zero-order valence-corrected chi connectivity index (χ0v) is 62.0. The normalized spacial score (nSPS) is 26.7. The molecule has 101 heavy (non-hydrogen) atoms. The van der Waals surface area contributed by atoms with E-state index >= 15 is 28.8 Å². The molecule has 6 fully saturated rings. The van der Waals surface area contributed by atoms with E-state index in [1.54, 1.807) is 11.8 Å². The number of hydrogen-bond acceptors (Lipinski definition) is 12. The van der Waals surface area contributed by atoms with Gasteiger partial charge >= 0.3 is 6.18 Å². The van der Waals surface area contributed by atoms with Gasteiger partial charge in [0, 0.05) is 69.0 Å². The van der Waals surface area contributed by atoms with Crippen molar-refractivity contribution in [1.82, 2.24) is 60.0 Å². The highest BCUT2D eigenvalue weighted by molar-refractivity contribution is 6.31. The Bertz CT molecular complexity index is 3120. The fourth-order valence-electron chi connectivity index (χ4n) is 15.9. The molecule has 24 nitrogen and oxygen atoms in total.